The van der Waals surface area contributed by atoms with E-state index >= 15 is 0 Å². The van der Waals surface area contributed by atoms with Gasteiger partial charge in [-0.2, -0.15) is 0 Å². The molecule has 5 nitrogen and oxygen atoms in total. The summed E-state index contributed by atoms with van der Waals surface area (Å²) in [5.41, 5.74) is 0.757. The molecule has 0 saturated carbocycles. The molecule has 0 fully saturated rings. The lowest BCUT2D eigenvalue weighted by Gasteiger charge is -2.18. The van der Waals surface area contributed by atoms with E-state index in [-0.39, 0.29) is 17.2 Å². The van der Waals surface area contributed by atoms with Crippen LogP contribution >= 0.6 is 11.6 Å². The Morgan fingerprint density at radius 3 is 2.55 bits per heavy atom. The molecule has 6 heteroatoms. The Bertz CT molecular complexity index is 539. The Balaban J connectivity index is 2.77. The van der Waals surface area contributed by atoms with Crippen LogP contribution in [0.3, 0.4) is 0 Å². The zero-order chi connectivity index (χ0) is 16.8. The molecule has 0 aliphatic rings. The highest BCUT2D eigenvalue weighted by atomic mass is 35.5. The lowest BCUT2D eigenvalue weighted by molar-refractivity contribution is -0.117. The molecule has 122 valence electrons. The molecule has 0 aliphatic heterocycles. The molecule has 2 amide bonds. The third-order valence-electron chi connectivity index (χ3n) is 2.79. The summed E-state index contributed by atoms with van der Waals surface area (Å²) in [6.45, 7) is 6.80. The molecule has 0 heterocycles. The van der Waals surface area contributed by atoms with Crippen molar-refractivity contribution in [1.29, 1.82) is 0 Å². The molecule has 0 unspecified atom stereocenters. The van der Waals surface area contributed by atoms with Crippen LogP contribution in [0.25, 0.3) is 0 Å². The maximum Gasteiger partial charge on any atom is 0.251 e. The van der Waals surface area contributed by atoms with Gasteiger partial charge in [-0.15, -0.1) is 0 Å². The minimum absolute atomic E-state index is 0.119. The summed E-state index contributed by atoms with van der Waals surface area (Å²) in [7, 11) is 1.57. The van der Waals surface area contributed by atoms with Crippen LogP contribution in [0.5, 0.6) is 0 Å². The first-order valence-electron chi connectivity index (χ1n) is 7.09. The highest BCUT2D eigenvalue weighted by Gasteiger charge is 2.17. The van der Waals surface area contributed by atoms with Crippen molar-refractivity contribution in [3.05, 3.63) is 28.8 Å². The van der Waals surface area contributed by atoms with Crippen LogP contribution < -0.4 is 10.6 Å². The molecule has 0 aromatic heterocycles. The van der Waals surface area contributed by atoms with Gasteiger partial charge in [-0.1, -0.05) is 32.4 Å². The van der Waals surface area contributed by atoms with E-state index in [1.165, 1.54) is 0 Å². The normalized spacial score (nSPS) is 11.1. The van der Waals surface area contributed by atoms with Gasteiger partial charge in [-0.3, -0.25) is 9.59 Å². The molecule has 2 N–H and O–H groups in total. The zero-order valence-corrected chi connectivity index (χ0v) is 14.2. The lowest BCUT2D eigenvalue weighted by Crippen LogP contribution is -2.27. The molecule has 0 radical (unpaired) electrons. The Morgan fingerprint density at radius 1 is 1.27 bits per heavy atom. The fourth-order valence-electron chi connectivity index (χ4n) is 1.81. The van der Waals surface area contributed by atoms with Gasteiger partial charge in [-0.05, 0) is 23.6 Å². The monoisotopic (exact) mass is 326 g/mol. The summed E-state index contributed by atoms with van der Waals surface area (Å²) in [6.07, 6.45) is 0.369. The molecular weight excluding hydrogens is 304 g/mol. The van der Waals surface area contributed by atoms with Gasteiger partial charge in [0.15, 0.2) is 0 Å². The third-order valence-corrected chi connectivity index (χ3v) is 3.11. The molecule has 1 aromatic rings. The molecular formula is C16H23ClN2O3. The summed E-state index contributed by atoms with van der Waals surface area (Å²) in [6, 6.07) is 4.79. The maximum absolute atomic E-state index is 12.0. The number of benzene rings is 1. The van der Waals surface area contributed by atoms with Crippen LogP contribution in [0.1, 0.15) is 37.6 Å². The highest BCUT2D eigenvalue weighted by Crippen LogP contribution is 2.25. The molecule has 22 heavy (non-hydrogen) atoms. The van der Waals surface area contributed by atoms with E-state index in [4.69, 9.17) is 16.3 Å². The highest BCUT2D eigenvalue weighted by molar-refractivity contribution is 6.33. The topological polar surface area (TPSA) is 67.4 Å². The van der Waals surface area contributed by atoms with Crippen molar-refractivity contribution in [1.82, 2.24) is 5.32 Å². The van der Waals surface area contributed by atoms with Gasteiger partial charge in [0.2, 0.25) is 5.91 Å². The number of carbonyl (C=O) groups excluding carboxylic acids is 2. The van der Waals surface area contributed by atoms with Crippen LogP contribution in [-0.2, 0) is 9.53 Å². The van der Waals surface area contributed by atoms with E-state index in [2.05, 4.69) is 10.6 Å². The fourth-order valence-corrected chi connectivity index (χ4v) is 1.97. The number of anilines is 1. The van der Waals surface area contributed by atoms with E-state index in [1.54, 1.807) is 25.3 Å². The SMILES string of the molecule is COCCNC(=O)c1ccc(Cl)c(NC(=O)CC(C)(C)C)c1. The smallest absolute Gasteiger partial charge is 0.251 e. The van der Waals surface area contributed by atoms with Crippen LogP contribution in [-0.4, -0.2) is 32.1 Å². The second-order valence-corrected chi connectivity index (χ2v) is 6.64. The predicted octanol–water partition coefficient (Wildman–Crippen LogP) is 3.09. The molecule has 0 aliphatic carbocycles. The second-order valence-electron chi connectivity index (χ2n) is 6.23. The zero-order valence-electron chi connectivity index (χ0n) is 13.5. The Hall–Kier alpha value is -1.59. The van der Waals surface area contributed by atoms with Crippen LogP contribution in [0.2, 0.25) is 5.02 Å². The third kappa shape index (κ3) is 6.45. The summed E-state index contributed by atoms with van der Waals surface area (Å²) in [5.74, 6) is -0.369. The number of methoxy groups -OCH3 is 1. The predicted molar refractivity (Wildman–Crippen MR) is 88.4 cm³/mol. The summed E-state index contributed by atoms with van der Waals surface area (Å²) in [4.78, 5) is 24.0. The number of rotatable bonds is 6. The standard InChI is InChI=1S/C16H23ClN2O3/c1-16(2,3)10-14(20)19-13-9-11(5-6-12(13)17)15(21)18-7-8-22-4/h5-6,9H,7-8,10H2,1-4H3,(H,18,21)(H,19,20). The summed E-state index contributed by atoms with van der Waals surface area (Å²) >= 11 is 6.08. The van der Waals surface area contributed by atoms with Crippen LogP contribution in [0.15, 0.2) is 18.2 Å². The van der Waals surface area contributed by atoms with E-state index < -0.39 is 0 Å². The van der Waals surface area contributed by atoms with Gasteiger partial charge in [-0.25, -0.2) is 0 Å². The van der Waals surface area contributed by atoms with Gasteiger partial charge in [0.05, 0.1) is 17.3 Å². The maximum atomic E-state index is 12.0. The second kappa shape index (κ2) is 8.15. The molecule has 1 aromatic carbocycles. The van der Waals surface area contributed by atoms with Gasteiger partial charge >= 0.3 is 0 Å². The number of nitrogens with one attached hydrogen (secondary N) is 2. The lowest BCUT2D eigenvalue weighted by atomic mass is 9.92. The minimum Gasteiger partial charge on any atom is -0.383 e. The average molecular weight is 327 g/mol. The Kier molecular flexibility index (Phi) is 6.84. The molecule has 0 saturated heterocycles. The first-order valence-corrected chi connectivity index (χ1v) is 7.47. The summed E-state index contributed by atoms with van der Waals surface area (Å²) in [5, 5.41) is 5.87. The molecule has 0 atom stereocenters. The van der Waals surface area contributed by atoms with Crippen molar-refractivity contribution in [2.75, 3.05) is 25.6 Å². The number of halogens is 1. The fraction of sp³-hybridized carbons (Fsp3) is 0.500. The van der Waals surface area contributed by atoms with E-state index in [1.807, 2.05) is 20.8 Å². The Morgan fingerprint density at radius 2 is 1.95 bits per heavy atom. The number of hydrogen-bond donors (Lipinski definition) is 2. The van der Waals surface area contributed by atoms with Crippen molar-refractivity contribution in [2.45, 2.75) is 27.2 Å². The van der Waals surface area contributed by atoms with E-state index in [9.17, 15) is 9.59 Å². The number of hydrogen-bond acceptors (Lipinski definition) is 3. The number of carbonyl (C=O) groups is 2. The number of ether oxygens (including phenoxy) is 1. The largest absolute Gasteiger partial charge is 0.383 e. The van der Waals surface area contributed by atoms with Gasteiger partial charge < -0.3 is 15.4 Å². The average Bonchev–Trinajstić information content (AvgIpc) is 2.39. The van der Waals surface area contributed by atoms with Crippen molar-refractivity contribution in [3.63, 3.8) is 0 Å². The van der Waals surface area contributed by atoms with Crippen molar-refractivity contribution >= 4 is 29.1 Å². The van der Waals surface area contributed by atoms with Crippen molar-refractivity contribution in [3.8, 4) is 0 Å². The number of amides is 2. The molecule has 0 bridgehead atoms. The molecule has 1 rings (SSSR count). The Labute approximate surface area is 136 Å². The van der Waals surface area contributed by atoms with Crippen LogP contribution in [0.4, 0.5) is 5.69 Å². The first-order chi connectivity index (χ1) is 10.2. The van der Waals surface area contributed by atoms with Crippen LogP contribution in [0, 0.1) is 5.41 Å². The minimum atomic E-state index is -0.236. The first kappa shape index (κ1) is 18.5. The van der Waals surface area contributed by atoms with Gasteiger partial charge in [0.1, 0.15) is 0 Å². The van der Waals surface area contributed by atoms with E-state index in [0.29, 0.717) is 35.8 Å². The van der Waals surface area contributed by atoms with Crippen molar-refractivity contribution in [2.24, 2.45) is 5.41 Å². The summed E-state index contributed by atoms with van der Waals surface area (Å²) < 4.78 is 4.88. The van der Waals surface area contributed by atoms with Gasteiger partial charge in [0, 0.05) is 25.6 Å². The quantitative estimate of drug-likeness (QED) is 0.789. The molecule has 0 spiro atoms. The van der Waals surface area contributed by atoms with Gasteiger partial charge in [0.25, 0.3) is 5.91 Å². The van der Waals surface area contributed by atoms with E-state index in [0.717, 1.165) is 0 Å². The van der Waals surface area contributed by atoms with Crippen molar-refractivity contribution < 1.29 is 14.3 Å².